The van der Waals surface area contributed by atoms with Crippen LogP contribution in [0.4, 0.5) is 0 Å². The fourth-order valence-corrected chi connectivity index (χ4v) is 3.03. The van der Waals surface area contributed by atoms with Crippen LogP contribution in [0.2, 0.25) is 0 Å². The third-order valence-corrected chi connectivity index (χ3v) is 4.44. The van der Waals surface area contributed by atoms with Gasteiger partial charge in [-0.1, -0.05) is 18.5 Å². The van der Waals surface area contributed by atoms with Gasteiger partial charge in [0, 0.05) is 5.92 Å². The summed E-state index contributed by atoms with van der Waals surface area (Å²) >= 11 is 0. The number of hydrogen-bond donors (Lipinski definition) is 2. The molecule has 1 fully saturated rings. The lowest BCUT2D eigenvalue weighted by Crippen LogP contribution is -2.13. The molecule has 112 valence electrons. The van der Waals surface area contributed by atoms with E-state index in [0.717, 1.165) is 18.8 Å². The highest BCUT2D eigenvalue weighted by molar-refractivity contribution is 5.64. The van der Waals surface area contributed by atoms with E-state index in [2.05, 4.69) is 17.1 Å². The minimum Gasteiger partial charge on any atom is -0.508 e. The first kappa shape index (κ1) is 13.9. The van der Waals surface area contributed by atoms with E-state index >= 15 is 0 Å². The fraction of sp³-hybridized carbons (Fsp3) is 0.500. The van der Waals surface area contributed by atoms with Crippen LogP contribution in [-0.2, 0) is 0 Å². The molecule has 0 amide bonds. The zero-order valence-corrected chi connectivity index (χ0v) is 12.1. The van der Waals surface area contributed by atoms with Crippen LogP contribution in [-0.4, -0.2) is 20.4 Å². The smallest absolute Gasteiger partial charge is 0.261 e. The van der Waals surface area contributed by atoms with E-state index in [1.165, 1.54) is 37.5 Å². The number of nitrogens with zero attached hydrogens (tertiary/aromatic N) is 2. The van der Waals surface area contributed by atoms with Gasteiger partial charge < -0.3 is 14.7 Å². The Balaban J connectivity index is 1.79. The van der Waals surface area contributed by atoms with Gasteiger partial charge >= 0.3 is 0 Å². The van der Waals surface area contributed by atoms with Crippen molar-refractivity contribution in [1.29, 1.82) is 0 Å². The van der Waals surface area contributed by atoms with Gasteiger partial charge in [0.05, 0.1) is 5.56 Å². The Kier molecular flexibility index (Phi) is 3.82. The molecule has 2 N–H and O–H groups in total. The Morgan fingerprint density at radius 2 is 1.95 bits per heavy atom. The number of aromatic nitrogens is 2. The molecule has 1 aromatic heterocycles. The van der Waals surface area contributed by atoms with Crippen molar-refractivity contribution in [2.24, 2.45) is 5.92 Å². The Morgan fingerprint density at radius 3 is 2.67 bits per heavy atom. The summed E-state index contributed by atoms with van der Waals surface area (Å²) in [6.45, 7) is 2.24. The second-order valence-electron chi connectivity index (χ2n) is 5.79. The number of phenols is 2. The van der Waals surface area contributed by atoms with Crippen molar-refractivity contribution in [1.82, 2.24) is 10.1 Å². The monoisotopic (exact) mass is 288 g/mol. The Labute approximate surface area is 123 Å². The maximum atomic E-state index is 9.84. The van der Waals surface area contributed by atoms with Gasteiger partial charge in [-0.3, -0.25) is 0 Å². The summed E-state index contributed by atoms with van der Waals surface area (Å²) in [6, 6.07) is 4.27. The lowest BCUT2D eigenvalue weighted by atomic mass is 9.80. The van der Waals surface area contributed by atoms with Gasteiger partial charge in [-0.2, -0.15) is 4.98 Å². The lowest BCUT2D eigenvalue weighted by Gasteiger charge is -2.25. The van der Waals surface area contributed by atoms with Crippen LogP contribution < -0.4 is 0 Å². The second kappa shape index (κ2) is 5.76. The molecule has 0 saturated heterocycles. The molecule has 5 nitrogen and oxygen atoms in total. The summed E-state index contributed by atoms with van der Waals surface area (Å²) in [5.74, 6) is 2.22. The Morgan fingerprint density at radius 1 is 1.19 bits per heavy atom. The molecule has 3 rings (SSSR count). The lowest BCUT2D eigenvalue weighted by molar-refractivity contribution is 0.305. The molecular formula is C16H20N2O3. The summed E-state index contributed by atoms with van der Waals surface area (Å²) < 4.78 is 5.26. The van der Waals surface area contributed by atoms with Gasteiger partial charge in [0.1, 0.15) is 11.5 Å². The normalized spacial score (nSPS) is 22.3. The van der Waals surface area contributed by atoms with Crippen LogP contribution in [0, 0.1) is 5.92 Å². The first-order chi connectivity index (χ1) is 10.2. The van der Waals surface area contributed by atoms with Crippen LogP contribution in [0.25, 0.3) is 11.5 Å². The van der Waals surface area contributed by atoms with Crippen molar-refractivity contribution < 1.29 is 14.7 Å². The molecule has 1 heterocycles. The van der Waals surface area contributed by atoms with Crippen molar-refractivity contribution in [3.8, 4) is 23.0 Å². The minimum atomic E-state index is 0.0256. The van der Waals surface area contributed by atoms with E-state index in [4.69, 9.17) is 4.52 Å². The van der Waals surface area contributed by atoms with Crippen molar-refractivity contribution in [3.05, 3.63) is 24.0 Å². The highest BCUT2D eigenvalue weighted by atomic mass is 16.5. The zero-order valence-electron chi connectivity index (χ0n) is 12.1. The van der Waals surface area contributed by atoms with Gasteiger partial charge in [0.2, 0.25) is 0 Å². The molecule has 0 spiro atoms. The van der Waals surface area contributed by atoms with Gasteiger partial charge in [0.15, 0.2) is 5.82 Å². The van der Waals surface area contributed by atoms with Crippen molar-refractivity contribution >= 4 is 0 Å². The Bertz CT molecular complexity index is 616. The maximum Gasteiger partial charge on any atom is 0.261 e. The summed E-state index contributed by atoms with van der Waals surface area (Å²) in [5, 5.41) is 23.4. The van der Waals surface area contributed by atoms with Crippen LogP contribution >= 0.6 is 0 Å². The second-order valence-corrected chi connectivity index (χ2v) is 5.79. The molecule has 2 aromatic rings. The van der Waals surface area contributed by atoms with Crippen LogP contribution in [0.5, 0.6) is 11.5 Å². The van der Waals surface area contributed by atoms with E-state index in [9.17, 15) is 10.2 Å². The van der Waals surface area contributed by atoms with Gasteiger partial charge in [-0.05, 0) is 49.8 Å². The SMILES string of the molecule is CCC1CCC(c2noc(-c3cc(O)ccc3O)n2)CC1. The van der Waals surface area contributed by atoms with Crippen LogP contribution in [0.3, 0.4) is 0 Å². The molecule has 0 bridgehead atoms. The van der Waals surface area contributed by atoms with E-state index in [1.54, 1.807) is 0 Å². The summed E-state index contributed by atoms with van der Waals surface area (Å²) in [6.07, 6.45) is 5.83. The Hall–Kier alpha value is -2.04. The van der Waals surface area contributed by atoms with Crippen molar-refractivity contribution in [2.45, 2.75) is 44.9 Å². The van der Waals surface area contributed by atoms with Gasteiger partial charge in [0.25, 0.3) is 5.89 Å². The molecule has 0 atom stereocenters. The molecule has 1 saturated carbocycles. The minimum absolute atomic E-state index is 0.0256. The molecule has 1 aliphatic carbocycles. The van der Waals surface area contributed by atoms with Crippen molar-refractivity contribution in [3.63, 3.8) is 0 Å². The summed E-state index contributed by atoms with van der Waals surface area (Å²) in [5.41, 5.74) is 0.371. The van der Waals surface area contributed by atoms with Crippen LogP contribution in [0.15, 0.2) is 22.7 Å². The number of rotatable bonds is 3. The quantitative estimate of drug-likeness (QED) is 0.839. The number of phenolic OH excluding ortho intramolecular Hbond substituents is 2. The number of benzene rings is 1. The predicted octanol–water partition coefficient (Wildman–Crippen LogP) is 3.83. The summed E-state index contributed by atoms with van der Waals surface area (Å²) in [4.78, 5) is 4.41. The fourth-order valence-electron chi connectivity index (χ4n) is 3.03. The van der Waals surface area contributed by atoms with Crippen LogP contribution in [0.1, 0.15) is 50.8 Å². The first-order valence-electron chi connectivity index (χ1n) is 7.53. The van der Waals surface area contributed by atoms with Gasteiger partial charge in [-0.15, -0.1) is 0 Å². The standard InChI is InChI=1S/C16H20N2O3/c1-2-10-3-5-11(6-4-10)15-17-16(21-18-15)13-9-12(19)7-8-14(13)20/h7-11,19-20H,2-6H2,1H3. The largest absolute Gasteiger partial charge is 0.508 e. The molecule has 0 unspecified atom stereocenters. The highest BCUT2D eigenvalue weighted by Crippen LogP contribution is 2.37. The van der Waals surface area contributed by atoms with Crippen molar-refractivity contribution in [2.75, 3.05) is 0 Å². The number of aromatic hydroxyl groups is 2. The molecule has 1 aromatic carbocycles. The zero-order chi connectivity index (χ0) is 14.8. The first-order valence-corrected chi connectivity index (χ1v) is 7.53. The molecule has 21 heavy (non-hydrogen) atoms. The molecule has 0 radical (unpaired) electrons. The van der Waals surface area contributed by atoms with E-state index < -0.39 is 0 Å². The summed E-state index contributed by atoms with van der Waals surface area (Å²) in [7, 11) is 0. The predicted molar refractivity (Wildman–Crippen MR) is 78.1 cm³/mol. The van der Waals surface area contributed by atoms with Gasteiger partial charge in [-0.25, -0.2) is 0 Å². The molecule has 0 aliphatic heterocycles. The van der Waals surface area contributed by atoms with E-state index in [1.807, 2.05) is 0 Å². The third kappa shape index (κ3) is 2.86. The average Bonchev–Trinajstić information content (AvgIpc) is 2.99. The third-order valence-electron chi connectivity index (χ3n) is 4.44. The molecule has 5 heteroatoms. The highest BCUT2D eigenvalue weighted by Gasteiger charge is 2.25. The topological polar surface area (TPSA) is 79.4 Å². The molecular weight excluding hydrogens is 268 g/mol. The average molecular weight is 288 g/mol. The van der Waals surface area contributed by atoms with E-state index in [0.29, 0.717) is 17.3 Å². The maximum absolute atomic E-state index is 9.84. The molecule has 1 aliphatic rings. The number of hydrogen-bond acceptors (Lipinski definition) is 5. The van der Waals surface area contributed by atoms with E-state index in [-0.39, 0.29) is 17.4 Å².